The normalized spacial score (nSPS) is 12.6. The van der Waals surface area contributed by atoms with Crippen molar-refractivity contribution in [3.8, 4) is 11.1 Å². The van der Waals surface area contributed by atoms with Crippen LogP contribution in [0.5, 0.6) is 0 Å². The van der Waals surface area contributed by atoms with Gasteiger partial charge >= 0.3 is 0 Å². The van der Waals surface area contributed by atoms with Crippen molar-refractivity contribution in [2.75, 3.05) is 20.3 Å². The van der Waals surface area contributed by atoms with Gasteiger partial charge in [-0.3, -0.25) is 4.68 Å². The Morgan fingerprint density at radius 2 is 2.04 bits per heavy atom. The first-order valence-corrected chi connectivity index (χ1v) is 9.49. The molecule has 0 bridgehead atoms. The molecule has 0 saturated carbocycles. The molecule has 3 aromatic rings. The molecule has 0 aliphatic rings. The second-order valence-corrected chi connectivity index (χ2v) is 7.47. The number of hydrogen-bond acceptors (Lipinski definition) is 3. The predicted molar refractivity (Wildman–Crippen MR) is 102 cm³/mol. The third-order valence-corrected chi connectivity index (χ3v) is 5.60. The monoisotopic (exact) mass is 397 g/mol. The molecule has 1 atom stereocenters. The molecule has 8 heteroatoms. The van der Waals surface area contributed by atoms with Gasteiger partial charge in [0.1, 0.15) is 21.5 Å². The highest BCUT2D eigenvalue weighted by Crippen LogP contribution is 2.35. The summed E-state index contributed by atoms with van der Waals surface area (Å²) in [5.41, 5.74) is 2.44. The van der Waals surface area contributed by atoms with E-state index in [2.05, 4.69) is 9.82 Å². The molecular weight excluding hydrogens is 381 g/mol. The van der Waals surface area contributed by atoms with Crippen molar-refractivity contribution in [1.29, 1.82) is 0 Å². The van der Waals surface area contributed by atoms with Crippen molar-refractivity contribution in [1.82, 2.24) is 14.5 Å². The number of rotatable bonds is 6. The number of fused-ring (bicyclic) bond motifs is 1. The molecule has 132 valence electrons. The summed E-state index contributed by atoms with van der Waals surface area (Å²) in [7, 11) is 1.98. The van der Waals surface area contributed by atoms with Gasteiger partial charge in [-0.25, -0.2) is 8.93 Å². The van der Waals surface area contributed by atoms with Crippen LogP contribution in [0.25, 0.3) is 22.0 Å². The van der Waals surface area contributed by atoms with Gasteiger partial charge < -0.3 is 4.74 Å². The fraction of sp³-hybridized carbons (Fsp3) is 0.235. The van der Waals surface area contributed by atoms with Gasteiger partial charge in [0, 0.05) is 47.3 Å². The maximum Gasteiger partial charge on any atom is 0.148 e. The SMILES string of the molecule is COCCNS(=O)c1c2cccc(-c3ccc(Cl)cc3Cl)c2nn1C. The van der Waals surface area contributed by atoms with E-state index in [1.807, 2.05) is 24.3 Å². The van der Waals surface area contributed by atoms with Crippen LogP contribution in [0.3, 0.4) is 0 Å². The number of nitrogens with zero attached hydrogens (tertiary/aromatic N) is 2. The Hall–Kier alpha value is -1.44. The lowest BCUT2D eigenvalue weighted by molar-refractivity contribution is 0.205. The second-order valence-electron chi connectivity index (χ2n) is 5.41. The smallest absolute Gasteiger partial charge is 0.148 e. The minimum atomic E-state index is -1.40. The van der Waals surface area contributed by atoms with E-state index in [0.717, 1.165) is 22.0 Å². The third-order valence-electron chi connectivity index (χ3n) is 3.75. The van der Waals surface area contributed by atoms with Crippen molar-refractivity contribution >= 4 is 45.1 Å². The first kappa shape index (κ1) is 18.4. The van der Waals surface area contributed by atoms with Gasteiger partial charge in [-0.1, -0.05) is 41.4 Å². The Bertz CT molecular complexity index is 943. The molecule has 0 radical (unpaired) electrons. The molecule has 0 aliphatic carbocycles. The molecule has 2 aromatic carbocycles. The summed E-state index contributed by atoms with van der Waals surface area (Å²) in [5, 5.41) is 7.11. The minimum Gasteiger partial charge on any atom is -0.383 e. The first-order chi connectivity index (χ1) is 12.0. The predicted octanol–water partition coefficient (Wildman–Crippen LogP) is 3.81. The van der Waals surface area contributed by atoms with E-state index in [4.69, 9.17) is 27.9 Å². The number of aromatic nitrogens is 2. The number of benzene rings is 2. The number of methoxy groups -OCH3 is 1. The zero-order valence-corrected chi connectivity index (χ0v) is 16.1. The topological polar surface area (TPSA) is 56.1 Å². The second kappa shape index (κ2) is 7.85. The van der Waals surface area contributed by atoms with Gasteiger partial charge in [-0.2, -0.15) is 5.10 Å². The van der Waals surface area contributed by atoms with Crippen LogP contribution in [-0.2, 0) is 22.8 Å². The van der Waals surface area contributed by atoms with Crippen LogP contribution in [0.15, 0.2) is 41.4 Å². The van der Waals surface area contributed by atoms with Gasteiger partial charge in [0.05, 0.1) is 6.61 Å². The molecule has 0 amide bonds. The molecule has 5 nitrogen and oxygen atoms in total. The Morgan fingerprint density at radius 3 is 2.76 bits per heavy atom. The highest BCUT2D eigenvalue weighted by molar-refractivity contribution is 7.83. The summed E-state index contributed by atoms with van der Waals surface area (Å²) < 4.78 is 22.2. The molecular formula is C17H17Cl2N3O2S. The van der Waals surface area contributed by atoms with Crippen molar-refractivity contribution in [2.24, 2.45) is 7.05 Å². The number of nitrogens with one attached hydrogen (secondary N) is 1. The quantitative estimate of drug-likeness (QED) is 0.643. The van der Waals surface area contributed by atoms with E-state index in [1.165, 1.54) is 0 Å². The van der Waals surface area contributed by atoms with Crippen LogP contribution in [0.2, 0.25) is 10.0 Å². The zero-order valence-electron chi connectivity index (χ0n) is 13.8. The molecule has 25 heavy (non-hydrogen) atoms. The van der Waals surface area contributed by atoms with Crippen molar-refractivity contribution in [3.63, 3.8) is 0 Å². The van der Waals surface area contributed by atoms with Crippen LogP contribution >= 0.6 is 23.2 Å². The number of aryl methyl sites for hydroxylation is 1. The van der Waals surface area contributed by atoms with E-state index < -0.39 is 11.0 Å². The molecule has 1 heterocycles. The standard InChI is InChI=1S/C17H17Cl2N3O2S/c1-22-17(25(23)20-8-9-24-2)14-5-3-4-13(16(14)21-22)12-7-6-11(18)10-15(12)19/h3-7,10,20H,8-9H2,1-2H3. The van der Waals surface area contributed by atoms with Gasteiger partial charge in [-0.05, 0) is 18.2 Å². The summed E-state index contributed by atoms with van der Waals surface area (Å²) in [6.45, 7) is 0.964. The van der Waals surface area contributed by atoms with Crippen LogP contribution in [0.1, 0.15) is 0 Å². The third kappa shape index (κ3) is 3.73. The molecule has 1 unspecified atom stereocenters. The highest BCUT2D eigenvalue weighted by Gasteiger charge is 2.18. The van der Waals surface area contributed by atoms with Crippen LogP contribution in [-0.4, -0.2) is 34.3 Å². The number of hydrogen-bond donors (Lipinski definition) is 1. The van der Waals surface area contributed by atoms with Gasteiger partial charge in [0.25, 0.3) is 0 Å². The highest BCUT2D eigenvalue weighted by atomic mass is 35.5. The summed E-state index contributed by atoms with van der Waals surface area (Å²) in [5.74, 6) is 0. The zero-order chi connectivity index (χ0) is 18.0. The molecule has 0 fully saturated rings. The van der Waals surface area contributed by atoms with Gasteiger partial charge in [0.2, 0.25) is 0 Å². The molecule has 1 aromatic heterocycles. The van der Waals surface area contributed by atoms with Crippen LogP contribution in [0, 0.1) is 0 Å². The lowest BCUT2D eigenvalue weighted by Gasteiger charge is -2.06. The van der Waals surface area contributed by atoms with E-state index in [9.17, 15) is 4.21 Å². The Labute approximate surface area is 158 Å². The van der Waals surface area contributed by atoms with Crippen molar-refractivity contribution in [2.45, 2.75) is 5.03 Å². The summed E-state index contributed by atoms with van der Waals surface area (Å²) in [4.78, 5) is 0. The van der Waals surface area contributed by atoms with Gasteiger partial charge in [-0.15, -0.1) is 0 Å². The largest absolute Gasteiger partial charge is 0.383 e. The van der Waals surface area contributed by atoms with Crippen LogP contribution in [0.4, 0.5) is 0 Å². The fourth-order valence-electron chi connectivity index (χ4n) is 2.64. The summed E-state index contributed by atoms with van der Waals surface area (Å²) in [6, 6.07) is 11.1. The lowest BCUT2D eigenvalue weighted by atomic mass is 10.0. The van der Waals surface area contributed by atoms with E-state index in [1.54, 1.807) is 31.0 Å². The van der Waals surface area contributed by atoms with E-state index in [0.29, 0.717) is 28.2 Å². The van der Waals surface area contributed by atoms with Gasteiger partial charge in [0.15, 0.2) is 0 Å². The van der Waals surface area contributed by atoms with E-state index >= 15 is 0 Å². The fourth-order valence-corrected chi connectivity index (χ4v) is 4.20. The summed E-state index contributed by atoms with van der Waals surface area (Å²) >= 11 is 12.3. The summed E-state index contributed by atoms with van der Waals surface area (Å²) in [6.07, 6.45) is 0. The first-order valence-electron chi connectivity index (χ1n) is 7.58. The maximum atomic E-state index is 12.6. The Morgan fingerprint density at radius 1 is 1.24 bits per heavy atom. The van der Waals surface area contributed by atoms with E-state index in [-0.39, 0.29) is 0 Å². The molecule has 0 saturated heterocycles. The number of halogens is 2. The molecule has 0 spiro atoms. The van der Waals surface area contributed by atoms with Crippen LogP contribution < -0.4 is 4.72 Å². The Balaban J connectivity index is 2.09. The average Bonchev–Trinajstić information content (AvgIpc) is 2.91. The average molecular weight is 398 g/mol. The number of ether oxygens (including phenoxy) is 1. The maximum absolute atomic E-state index is 12.6. The van der Waals surface area contributed by atoms with Crippen molar-refractivity contribution in [3.05, 3.63) is 46.4 Å². The van der Waals surface area contributed by atoms with Crippen molar-refractivity contribution < 1.29 is 8.95 Å². The Kier molecular flexibility index (Phi) is 5.76. The molecule has 0 aliphatic heterocycles. The molecule has 3 rings (SSSR count). The molecule has 1 N–H and O–H groups in total. The minimum absolute atomic E-state index is 0.479. The lowest BCUT2D eigenvalue weighted by Crippen LogP contribution is -2.23.